The molecule has 0 aromatic carbocycles. The third-order valence-electron chi connectivity index (χ3n) is 1.53. The first-order chi connectivity index (χ1) is 5.66. The van der Waals surface area contributed by atoms with Crippen LogP contribution in [-0.4, -0.2) is 32.3 Å². The summed E-state index contributed by atoms with van der Waals surface area (Å²) in [6.07, 6.45) is 6.78. The molecule has 12 heavy (non-hydrogen) atoms. The van der Waals surface area contributed by atoms with E-state index in [1.807, 2.05) is 6.08 Å². The monoisotopic (exact) mass is 166 g/mol. The SMILES string of the molecule is C=N/C=C\C=C(\C)CCN(C)C. The summed E-state index contributed by atoms with van der Waals surface area (Å²) in [4.78, 5) is 5.79. The van der Waals surface area contributed by atoms with Crippen molar-refractivity contribution < 1.29 is 0 Å². The first kappa shape index (κ1) is 11.1. The highest BCUT2D eigenvalue weighted by Gasteiger charge is 1.90. The molecule has 0 heterocycles. The minimum Gasteiger partial charge on any atom is -0.309 e. The lowest BCUT2D eigenvalue weighted by Crippen LogP contribution is -2.12. The van der Waals surface area contributed by atoms with Gasteiger partial charge in [-0.25, -0.2) is 0 Å². The smallest absolute Gasteiger partial charge is 0.0260 e. The van der Waals surface area contributed by atoms with Gasteiger partial charge in [0, 0.05) is 12.7 Å². The normalized spacial score (nSPS) is 12.8. The number of rotatable bonds is 5. The van der Waals surface area contributed by atoms with E-state index in [2.05, 4.69) is 43.7 Å². The van der Waals surface area contributed by atoms with E-state index in [4.69, 9.17) is 0 Å². The first-order valence-corrected chi connectivity index (χ1v) is 4.09. The van der Waals surface area contributed by atoms with Gasteiger partial charge in [0.25, 0.3) is 0 Å². The average molecular weight is 166 g/mol. The van der Waals surface area contributed by atoms with Crippen molar-refractivity contribution in [1.82, 2.24) is 4.90 Å². The molecule has 0 saturated carbocycles. The van der Waals surface area contributed by atoms with Crippen LogP contribution >= 0.6 is 0 Å². The fourth-order valence-corrected chi connectivity index (χ4v) is 0.751. The van der Waals surface area contributed by atoms with Crippen molar-refractivity contribution in [3.63, 3.8) is 0 Å². The Morgan fingerprint density at radius 3 is 2.67 bits per heavy atom. The topological polar surface area (TPSA) is 15.6 Å². The van der Waals surface area contributed by atoms with E-state index in [0.717, 1.165) is 13.0 Å². The third kappa shape index (κ3) is 7.22. The lowest BCUT2D eigenvalue weighted by molar-refractivity contribution is 0.413. The summed E-state index contributed by atoms with van der Waals surface area (Å²) in [5.74, 6) is 0. The lowest BCUT2D eigenvalue weighted by atomic mass is 10.2. The van der Waals surface area contributed by atoms with Crippen LogP contribution in [0.4, 0.5) is 0 Å². The Morgan fingerprint density at radius 1 is 1.50 bits per heavy atom. The van der Waals surface area contributed by atoms with Crippen molar-refractivity contribution >= 4 is 6.72 Å². The maximum Gasteiger partial charge on any atom is 0.0260 e. The maximum atomic E-state index is 3.62. The third-order valence-corrected chi connectivity index (χ3v) is 1.53. The van der Waals surface area contributed by atoms with Crippen molar-refractivity contribution in [3.05, 3.63) is 23.9 Å². The van der Waals surface area contributed by atoms with Crippen molar-refractivity contribution in [2.45, 2.75) is 13.3 Å². The highest BCUT2D eigenvalue weighted by Crippen LogP contribution is 2.00. The fourth-order valence-electron chi connectivity index (χ4n) is 0.751. The maximum absolute atomic E-state index is 3.62. The van der Waals surface area contributed by atoms with E-state index >= 15 is 0 Å². The Morgan fingerprint density at radius 2 is 2.17 bits per heavy atom. The molecule has 0 aromatic rings. The molecule has 0 rings (SSSR count). The minimum absolute atomic E-state index is 1.09. The Bertz CT molecular complexity index is 178. The van der Waals surface area contributed by atoms with Gasteiger partial charge in [0.2, 0.25) is 0 Å². The molecule has 0 aliphatic rings. The molecule has 68 valence electrons. The zero-order valence-corrected chi connectivity index (χ0v) is 8.25. The Balaban J connectivity index is 3.70. The van der Waals surface area contributed by atoms with Crippen molar-refractivity contribution in [3.8, 4) is 0 Å². The van der Waals surface area contributed by atoms with E-state index in [-0.39, 0.29) is 0 Å². The molecule has 0 saturated heterocycles. The zero-order valence-electron chi connectivity index (χ0n) is 8.25. The summed E-state index contributed by atoms with van der Waals surface area (Å²) in [6, 6.07) is 0. The predicted molar refractivity (Wildman–Crippen MR) is 55.6 cm³/mol. The van der Waals surface area contributed by atoms with Crippen LogP contribution in [0.15, 0.2) is 28.9 Å². The Hall–Kier alpha value is -0.890. The summed E-state index contributed by atoms with van der Waals surface area (Å²) < 4.78 is 0. The Labute approximate surface area is 75.3 Å². The van der Waals surface area contributed by atoms with Crippen LogP contribution in [0.3, 0.4) is 0 Å². The van der Waals surface area contributed by atoms with Gasteiger partial charge in [-0.15, -0.1) is 0 Å². The van der Waals surface area contributed by atoms with E-state index < -0.39 is 0 Å². The van der Waals surface area contributed by atoms with Crippen molar-refractivity contribution in [2.75, 3.05) is 20.6 Å². The fraction of sp³-hybridized carbons (Fsp3) is 0.500. The highest BCUT2D eigenvalue weighted by molar-refractivity contribution is 5.26. The van der Waals surface area contributed by atoms with Gasteiger partial charge in [0.15, 0.2) is 0 Å². The second-order valence-corrected chi connectivity index (χ2v) is 3.09. The molecule has 0 aromatic heterocycles. The molecule has 0 aliphatic heterocycles. The number of allylic oxidation sites excluding steroid dienone is 2. The van der Waals surface area contributed by atoms with E-state index in [9.17, 15) is 0 Å². The molecule has 0 N–H and O–H groups in total. The van der Waals surface area contributed by atoms with Crippen LogP contribution < -0.4 is 0 Å². The van der Waals surface area contributed by atoms with Gasteiger partial charge in [-0.3, -0.25) is 4.99 Å². The van der Waals surface area contributed by atoms with E-state index in [1.165, 1.54) is 5.57 Å². The van der Waals surface area contributed by atoms with Crippen molar-refractivity contribution in [2.24, 2.45) is 4.99 Å². The van der Waals surface area contributed by atoms with E-state index in [0.29, 0.717) is 0 Å². The predicted octanol–water partition coefficient (Wildman–Crippen LogP) is 2.10. The lowest BCUT2D eigenvalue weighted by Gasteiger charge is -2.08. The molecule has 2 heteroatoms. The second kappa shape index (κ2) is 6.80. The van der Waals surface area contributed by atoms with Gasteiger partial charge in [0.1, 0.15) is 0 Å². The van der Waals surface area contributed by atoms with Crippen LogP contribution in [-0.2, 0) is 0 Å². The zero-order chi connectivity index (χ0) is 9.40. The summed E-state index contributed by atoms with van der Waals surface area (Å²) in [5, 5.41) is 0. The van der Waals surface area contributed by atoms with Gasteiger partial charge in [0.05, 0.1) is 0 Å². The summed E-state index contributed by atoms with van der Waals surface area (Å²) in [7, 11) is 4.16. The molecule has 0 amide bonds. The molecule has 0 fully saturated rings. The van der Waals surface area contributed by atoms with Gasteiger partial charge >= 0.3 is 0 Å². The van der Waals surface area contributed by atoms with Crippen LogP contribution in [0.25, 0.3) is 0 Å². The summed E-state index contributed by atoms with van der Waals surface area (Å²) >= 11 is 0. The minimum atomic E-state index is 1.09. The average Bonchev–Trinajstić information content (AvgIpc) is 2.01. The number of hydrogen-bond donors (Lipinski definition) is 0. The number of aliphatic imine (C=N–C) groups is 1. The standard InChI is InChI=1S/C10H18N2/c1-10(6-5-8-11-2)7-9-12(3)4/h5-6,8H,2,7,9H2,1,3-4H3/b8-5-,10-6-. The first-order valence-electron chi connectivity index (χ1n) is 4.09. The van der Waals surface area contributed by atoms with Gasteiger partial charge < -0.3 is 4.90 Å². The molecule has 0 radical (unpaired) electrons. The Kier molecular flexibility index (Phi) is 6.29. The molecule has 0 unspecified atom stereocenters. The molecular weight excluding hydrogens is 148 g/mol. The van der Waals surface area contributed by atoms with Gasteiger partial charge in [-0.1, -0.05) is 11.6 Å². The molecule has 0 atom stereocenters. The molecular formula is C10H18N2. The summed E-state index contributed by atoms with van der Waals surface area (Å²) in [5.41, 5.74) is 1.36. The van der Waals surface area contributed by atoms with Crippen LogP contribution in [0.2, 0.25) is 0 Å². The quantitative estimate of drug-likeness (QED) is 0.451. The van der Waals surface area contributed by atoms with E-state index in [1.54, 1.807) is 6.20 Å². The largest absolute Gasteiger partial charge is 0.309 e. The van der Waals surface area contributed by atoms with Crippen LogP contribution in [0.5, 0.6) is 0 Å². The summed E-state index contributed by atoms with van der Waals surface area (Å²) in [6.45, 7) is 6.57. The van der Waals surface area contributed by atoms with Gasteiger partial charge in [-0.2, -0.15) is 0 Å². The van der Waals surface area contributed by atoms with Crippen molar-refractivity contribution in [1.29, 1.82) is 0 Å². The number of hydrogen-bond acceptors (Lipinski definition) is 2. The molecule has 2 nitrogen and oxygen atoms in total. The molecule has 0 bridgehead atoms. The van der Waals surface area contributed by atoms with Gasteiger partial charge in [-0.05, 0) is 40.2 Å². The highest BCUT2D eigenvalue weighted by atomic mass is 15.0. The second-order valence-electron chi connectivity index (χ2n) is 3.09. The number of nitrogens with zero attached hydrogens (tertiary/aromatic N) is 2. The van der Waals surface area contributed by atoms with Crippen LogP contribution in [0.1, 0.15) is 13.3 Å². The van der Waals surface area contributed by atoms with Crippen LogP contribution in [0, 0.1) is 0 Å². The molecule has 0 aliphatic carbocycles. The molecule has 0 spiro atoms.